The lowest BCUT2D eigenvalue weighted by Gasteiger charge is -2.23. The standard InChI is InChI=1S/C13H16F4O6/c1-7(2)9(18)21-5-6-22-10(19)12(14,15)13(16,17)11(20)23-8(3)4/h8H,1,5-6H2,2-4H3. The predicted octanol–water partition coefficient (Wildman–Crippen LogP) is 1.87. The van der Waals surface area contributed by atoms with Crippen LogP contribution in [0, 0.1) is 0 Å². The fraction of sp³-hybridized carbons (Fsp3) is 0.615. The summed E-state index contributed by atoms with van der Waals surface area (Å²) in [5, 5.41) is 0. The second kappa shape index (κ2) is 7.93. The van der Waals surface area contributed by atoms with E-state index in [0.29, 0.717) is 0 Å². The molecule has 0 fully saturated rings. The van der Waals surface area contributed by atoms with Crippen molar-refractivity contribution in [2.24, 2.45) is 0 Å². The Balaban J connectivity index is 4.67. The molecule has 0 unspecified atom stereocenters. The fourth-order valence-corrected chi connectivity index (χ4v) is 1.03. The summed E-state index contributed by atoms with van der Waals surface area (Å²) in [6.07, 6.45) is -1.08. The van der Waals surface area contributed by atoms with Gasteiger partial charge in [-0.2, -0.15) is 17.6 Å². The van der Waals surface area contributed by atoms with Gasteiger partial charge in [0.05, 0.1) is 6.10 Å². The van der Waals surface area contributed by atoms with Crippen molar-refractivity contribution in [2.45, 2.75) is 38.7 Å². The average Bonchev–Trinajstić information content (AvgIpc) is 2.41. The van der Waals surface area contributed by atoms with Crippen LogP contribution in [0.3, 0.4) is 0 Å². The van der Waals surface area contributed by atoms with Crippen molar-refractivity contribution in [1.29, 1.82) is 0 Å². The van der Waals surface area contributed by atoms with Gasteiger partial charge in [-0.3, -0.25) is 0 Å². The minimum atomic E-state index is -5.43. The average molecular weight is 344 g/mol. The molecule has 0 aliphatic heterocycles. The highest BCUT2D eigenvalue weighted by Gasteiger charge is 2.69. The normalized spacial score (nSPS) is 11.8. The van der Waals surface area contributed by atoms with Crippen LogP contribution in [0.15, 0.2) is 12.2 Å². The Morgan fingerprint density at radius 1 is 0.957 bits per heavy atom. The summed E-state index contributed by atoms with van der Waals surface area (Å²) in [5.41, 5.74) is 0.00428. The number of hydrogen-bond donors (Lipinski definition) is 0. The zero-order chi connectivity index (χ0) is 18.4. The maximum atomic E-state index is 13.4. The van der Waals surface area contributed by atoms with Crippen LogP contribution in [0.25, 0.3) is 0 Å². The molecule has 0 aromatic heterocycles. The second-order valence-electron chi connectivity index (χ2n) is 4.66. The third-order valence-electron chi connectivity index (χ3n) is 2.15. The molecule has 0 N–H and O–H groups in total. The summed E-state index contributed by atoms with van der Waals surface area (Å²) in [6.45, 7) is 5.33. The van der Waals surface area contributed by atoms with Crippen LogP contribution in [0.1, 0.15) is 20.8 Å². The molecule has 0 radical (unpaired) electrons. The van der Waals surface area contributed by atoms with Crippen molar-refractivity contribution in [3.8, 4) is 0 Å². The number of rotatable bonds is 8. The van der Waals surface area contributed by atoms with Gasteiger partial charge in [0.15, 0.2) is 0 Å². The molecule has 132 valence electrons. The molecule has 23 heavy (non-hydrogen) atoms. The summed E-state index contributed by atoms with van der Waals surface area (Å²) in [4.78, 5) is 33.0. The van der Waals surface area contributed by atoms with Crippen molar-refractivity contribution >= 4 is 17.9 Å². The summed E-state index contributed by atoms with van der Waals surface area (Å²) >= 11 is 0. The molecule has 0 aromatic rings. The van der Waals surface area contributed by atoms with Crippen LogP contribution in [-0.2, 0) is 28.6 Å². The second-order valence-corrected chi connectivity index (χ2v) is 4.66. The highest BCUT2D eigenvalue weighted by atomic mass is 19.3. The first-order chi connectivity index (χ1) is 10.3. The topological polar surface area (TPSA) is 78.9 Å². The molecular formula is C13H16F4O6. The van der Waals surface area contributed by atoms with Gasteiger partial charge in [0.25, 0.3) is 0 Å². The van der Waals surface area contributed by atoms with E-state index in [4.69, 9.17) is 0 Å². The van der Waals surface area contributed by atoms with Gasteiger partial charge in [0.1, 0.15) is 13.2 Å². The molecule has 10 heteroatoms. The molecule has 0 aliphatic carbocycles. The van der Waals surface area contributed by atoms with E-state index in [0.717, 1.165) is 0 Å². The maximum Gasteiger partial charge on any atom is 0.415 e. The number of carbonyl (C=O) groups excluding carboxylic acids is 3. The van der Waals surface area contributed by atoms with E-state index in [-0.39, 0.29) is 5.57 Å². The number of esters is 3. The zero-order valence-corrected chi connectivity index (χ0v) is 12.7. The monoisotopic (exact) mass is 344 g/mol. The minimum absolute atomic E-state index is 0.00428. The number of alkyl halides is 4. The highest BCUT2D eigenvalue weighted by Crippen LogP contribution is 2.36. The van der Waals surface area contributed by atoms with E-state index < -0.39 is 49.1 Å². The van der Waals surface area contributed by atoms with E-state index >= 15 is 0 Å². The lowest BCUT2D eigenvalue weighted by Crippen LogP contribution is -2.54. The van der Waals surface area contributed by atoms with Gasteiger partial charge < -0.3 is 14.2 Å². The Hall–Kier alpha value is -2.13. The number of ether oxygens (including phenoxy) is 3. The van der Waals surface area contributed by atoms with E-state index in [2.05, 4.69) is 20.8 Å². The molecule has 0 amide bonds. The predicted molar refractivity (Wildman–Crippen MR) is 67.9 cm³/mol. The summed E-state index contributed by atoms with van der Waals surface area (Å²) in [6, 6.07) is 0. The molecule has 0 aromatic carbocycles. The van der Waals surface area contributed by atoms with Crippen LogP contribution in [0.2, 0.25) is 0 Å². The summed E-state index contributed by atoms with van der Waals surface area (Å²) in [7, 11) is 0. The molecule has 6 nitrogen and oxygen atoms in total. The van der Waals surface area contributed by atoms with E-state index in [1.807, 2.05) is 0 Å². The molecule has 0 aliphatic rings. The van der Waals surface area contributed by atoms with E-state index in [1.54, 1.807) is 0 Å². The van der Waals surface area contributed by atoms with E-state index in [9.17, 15) is 31.9 Å². The lowest BCUT2D eigenvalue weighted by atomic mass is 10.1. The van der Waals surface area contributed by atoms with Gasteiger partial charge in [-0.05, 0) is 20.8 Å². The smallest absolute Gasteiger partial charge is 0.415 e. The van der Waals surface area contributed by atoms with Gasteiger partial charge in [-0.25, -0.2) is 14.4 Å². The van der Waals surface area contributed by atoms with E-state index in [1.165, 1.54) is 20.8 Å². The third-order valence-corrected chi connectivity index (χ3v) is 2.15. The fourth-order valence-electron chi connectivity index (χ4n) is 1.03. The zero-order valence-electron chi connectivity index (χ0n) is 12.7. The SMILES string of the molecule is C=C(C)C(=O)OCCOC(=O)C(F)(F)C(F)(F)C(=O)OC(C)C. The third kappa shape index (κ3) is 5.53. The molecule has 0 spiro atoms. The summed E-state index contributed by atoms with van der Waals surface area (Å²) in [5.74, 6) is -16.9. The Kier molecular flexibility index (Phi) is 7.20. The van der Waals surface area contributed by atoms with Gasteiger partial charge in [0.2, 0.25) is 0 Å². The van der Waals surface area contributed by atoms with Gasteiger partial charge in [-0.1, -0.05) is 6.58 Å². The minimum Gasteiger partial charge on any atom is -0.459 e. The molecule has 0 bridgehead atoms. The van der Waals surface area contributed by atoms with Crippen molar-refractivity contribution in [1.82, 2.24) is 0 Å². The Labute approximate surface area is 129 Å². The van der Waals surface area contributed by atoms with Gasteiger partial charge >= 0.3 is 29.8 Å². The number of halogens is 4. The number of hydrogen-bond acceptors (Lipinski definition) is 6. The first kappa shape index (κ1) is 20.9. The largest absolute Gasteiger partial charge is 0.459 e. The molecule has 0 rings (SSSR count). The van der Waals surface area contributed by atoms with Crippen LogP contribution < -0.4 is 0 Å². The Morgan fingerprint density at radius 2 is 1.39 bits per heavy atom. The first-order valence-corrected chi connectivity index (χ1v) is 6.30. The van der Waals surface area contributed by atoms with Crippen LogP contribution >= 0.6 is 0 Å². The molecule has 0 atom stereocenters. The van der Waals surface area contributed by atoms with Crippen molar-refractivity contribution in [3.05, 3.63) is 12.2 Å². The van der Waals surface area contributed by atoms with Crippen LogP contribution in [0.4, 0.5) is 17.6 Å². The lowest BCUT2D eigenvalue weighted by molar-refractivity contribution is -0.239. The molecule has 0 saturated heterocycles. The Bertz CT molecular complexity index is 487. The quantitative estimate of drug-likeness (QED) is 0.220. The molecule has 0 saturated carbocycles. The maximum absolute atomic E-state index is 13.4. The van der Waals surface area contributed by atoms with Crippen molar-refractivity contribution < 1.29 is 46.2 Å². The molecule has 0 heterocycles. The highest BCUT2D eigenvalue weighted by molar-refractivity contribution is 5.90. The summed E-state index contributed by atoms with van der Waals surface area (Å²) < 4.78 is 65.7. The van der Waals surface area contributed by atoms with Crippen molar-refractivity contribution in [3.63, 3.8) is 0 Å². The number of carbonyl (C=O) groups is 3. The first-order valence-electron chi connectivity index (χ1n) is 6.30. The van der Waals surface area contributed by atoms with Crippen LogP contribution in [-0.4, -0.2) is 49.1 Å². The van der Waals surface area contributed by atoms with Gasteiger partial charge in [-0.15, -0.1) is 0 Å². The van der Waals surface area contributed by atoms with Crippen LogP contribution in [0.5, 0.6) is 0 Å². The van der Waals surface area contributed by atoms with Crippen molar-refractivity contribution in [2.75, 3.05) is 13.2 Å². The van der Waals surface area contributed by atoms with Gasteiger partial charge in [0, 0.05) is 5.57 Å². The Morgan fingerprint density at radius 3 is 1.83 bits per heavy atom. The molecular weight excluding hydrogens is 328 g/mol.